The third-order valence-corrected chi connectivity index (χ3v) is 6.18. The van der Waals surface area contributed by atoms with Crippen LogP contribution in [0.15, 0.2) is 53.0 Å². The fourth-order valence-electron chi connectivity index (χ4n) is 2.77. The van der Waals surface area contributed by atoms with Crippen LogP contribution in [0.25, 0.3) is 0 Å². The van der Waals surface area contributed by atoms with Gasteiger partial charge in [-0.2, -0.15) is 0 Å². The van der Waals surface area contributed by atoms with Gasteiger partial charge in [0.2, 0.25) is 0 Å². The topological polar surface area (TPSA) is 67.8 Å². The second-order valence-corrected chi connectivity index (χ2v) is 8.56. The first-order valence-corrected chi connectivity index (χ1v) is 10.9. The van der Waals surface area contributed by atoms with Crippen LogP contribution in [0.1, 0.15) is 21.5 Å². The van der Waals surface area contributed by atoms with Crippen LogP contribution >= 0.6 is 50.7 Å². The fourth-order valence-corrected chi connectivity index (χ4v) is 3.82. The molecule has 0 aliphatic carbocycles. The van der Waals surface area contributed by atoms with Crippen LogP contribution < -0.4 is 14.8 Å². The number of halogens is 4. The van der Waals surface area contributed by atoms with Crippen molar-refractivity contribution in [3.05, 3.63) is 84.8 Å². The standard InChI is InChI=1S/C22H17BrCl3NO4/c1-30-20-7-13(10-27-14-3-4-15(22(28)29)18(25)8-14)16(23)9-21(20)31-11-12-2-5-17(24)19(26)6-12/h2-9,27H,10-11H2,1H3,(H,28,29). The normalized spacial score (nSPS) is 10.6. The molecule has 0 radical (unpaired) electrons. The summed E-state index contributed by atoms with van der Waals surface area (Å²) in [5.41, 5.74) is 2.54. The van der Waals surface area contributed by atoms with Crippen molar-refractivity contribution in [2.75, 3.05) is 12.4 Å². The summed E-state index contributed by atoms with van der Waals surface area (Å²) < 4.78 is 12.2. The Balaban J connectivity index is 1.72. The second-order valence-electron chi connectivity index (χ2n) is 6.48. The highest BCUT2D eigenvalue weighted by atomic mass is 79.9. The van der Waals surface area contributed by atoms with Gasteiger partial charge in [-0.1, -0.05) is 56.8 Å². The van der Waals surface area contributed by atoms with Crippen LogP contribution in [-0.2, 0) is 13.2 Å². The first-order valence-electron chi connectivity index (χ1n) is 8.98. The van der Waals surface area contributed by atoms with Crippen LogP contribution in [0.2, 0.25) is 15.1 Å². The molecule has 0 saturated carbocycles. The van der Waals surface area contributed by atoms with Gasteiger partial charge in [-0.3, -0.25) is 0 Å². The molecule has 0 unspecified atom stereocenters. The Morgan fingerprint density at radius 2 is 1.77 bits per heavy atom. The van der Waals surface area contributed by atoms with Gasteiger partial charge in [-0.05, 0) is 53.6 Å². The molecule has 3 aromatic rings. The summed E-state index contributed by atoms with van der Waals surface area (Å²) in [7, 11) is 1.57. The van der Waals surface area contributed by atoms with Gasteiger partial charge in [0.1, 0.15) is 6.61 Å². The summed E-state index contributed by atoms with van der Waals surface area (Å²) >= 11 is 21.6. The lowest BCUT2D eigenvalue weighted by Gasteiger charge is -2.15. The predicted octanol–water partition coefficient (Wildman–Crippen LogP) is 7.31. The summed E-state index contributed by atoms with van der Waals surface area (Å²) in [6.45, 7) is 0.748. The summed E-state index contributed by atoms with van der Waals surface area (Å²) in [4.78, 5) is 11.1. The van der Waals surface area contributed by atoms with Crippen molar-refractivity contribution in [3.8, 4) is 11.5 Å². The van der Waals surface area contributed by atoms with Gasteiger partial charge in [0, 0.05) is 16.7 Å². The van der Waals surface area contributed by atoms with Crippen molar-refractivity contribution in [1.29, 1.82) is 0 Å². The molecule has 0 saturated heterocycles. The number of carboxylic acid groups (broad SMARTS) is 1. The van der Waals surface area contributed by atoms with Gasteiger partial charge < -0.3 is 19.9 Å². The minimum absolute atomic E-state index is 0.0542. The lowest BCUT2D eigenvalue weighted by atomic mass is 10.1. The monoisotopic (exact) mass is 543 g/mol. The van der Waals surface area contributed by atoms with E-state index in [2.05, 4.69) is 21.2 Å². The fraction of sp³-hybridized carbons (Fsp3) is 0.136. The van der Waals surface area contributed by atoms with Crippen LogP contribution in [-0.4, -0.2) is 18.2 Å². The second kappa shape index (κ2) is 10.5. The molecule has 2 N–H and O–H groups in total. The van der Waals surface area contributed by atoms with E-state index in [1.54, 1.807) is 31.4 Å². The maximum atomic E-state index is 11.1. The number of benzene rings is 3. The van der Waals surface area contributed by atoms with Gasteiger partial charge in [0.05, 0.1) is 27.7 Å². The number of hydrogen-bond donors (Lipinski definition) is 2. The Labute approximate surface area is 203 Å². The molecule has 0 amide bonds. The zero-order chi connectivity index (χ0) is 22.5. The Hall–Kier alpha value is -2.12. The van der Waals surface area contributed by atoms with Crippen molar-refractivity contribution >= 4 is 62.4 Å². The van der Waals surface area contributed by atoms with E-state index in [9.17, 15) is 4.79 Å². The smallest absolute Gasteiger partial charge is 0.337 e. The molecule has 31 heavy (non-hydrogen) atoms. The summed E-state index contributed by atoms with van der Waals surface area (Å²) in [6, 6.07) is 13.7. The number of hydrogen-bond acceptors (Lipinski definition) is 4. The van der Waals surface area contributed by atoms with Gasteiger partial charge in [0.15, 0.2) is 11.5 Å². The molecule has 0 atom stereocenters. The molecule has 0 bridgehead atoms. The lowest BCUT2D eigenvalue weighted by molar-refractivity contribution is 0.0697. The number of aromatic carboxylic acids is 1. The Bertz CT molecular complexity index is 1120. The largest absolute Gasteiger partial charge is 0.493 e. The molecule has 0 aliphatic heterocycles. The molecule has 3 aromatic carbocycles. The zero-order valence-electron chi connectivity index (χ0n) is 16.2. The van der Waals surface area contributed by atoms with E-state index in [0.717, 1.165) is 15.6 Å². The van der Waals surface area contributed by atoms with E-state index in [0.29, 0.717) is 40.4 Å². The highest BCUT2D eigenvalue weighted by Gasteiger charge is 2.13. The Morgan fingerprint density at radius 1 is 1.00 bits per heavy atom. The molecule has 0 aliphatic rings. The van der Waals surface area contributed by atoms with E-state index < -0.39 is 5.97 Å². The van der Waals surface area contributed by atoms with Crippen LogP contribution in [0.4, 0.5) is 5.69 Å². The molecule has 0 heterocycles. The van der Waals surface area contributed by atoms with E-state index in [1.165, 1.54) is 6.07 Å². The molecule has 0 aromatic heterocycles. The van der Waals surface area contributed by atoms with Crippen molar-refractivity contribution in [2.24, 2.45) is 0 Å². The average molecular weight is 546 g/mol. The van der Waals surface area contributed by atoms with Gasteiger partial charge in [-0.25, -0.2) is 4.79 Å². The van der Waals surface area contributed by atoms with Gasteiger partial charge >= 0.3 is 5.97 Å². The molecule has 0 spiro atoms. The number of rotatable bonds is 8. The van der Waals surface area contributed by atoms with Crippen molar-refractivity contribution < 1.29 is 19.4 Å². The number of ether oxygens (including phenoxy) is 2. The molecular weight excluding hydrogens is 529 g/mol. The van der Waals surface area contributed by atoms with E-state index >= 15 is 0 Å². The third kappa shape index (κ3) is 5.98. The number of nitrogens with one attached hydrogen (secondary N) is 1. The summed E-state index contributed by atoms with van der Waals surface area (Å²) in [5.74, 6) is 0.0675. The lowest BCUT2D eigenvalue weighted by Crippen LogP contribution is -2.04. The molecule has 9 heteroatoms. The molecule has 0 fully saturated rings. The molecular formula is C22H17BrCl3NO4. The minimum atomic E-state index is -1.07. The Morgan fingerprint density at radius 3 is 2.42 bits per heavy atom. The third-order valence-electron chi connectivity index (χ3n) is 4.39. The first-order chi connectivity index (χ1) is 14.8. The number of carboxylic acids is 1. The van der Waals surface area contributed by atoms with Crippen molar-refractivity contribution in [1.82, 2.24) is 0 Å². The van der Waals surface area contributed by atoms with Crippen molar-refractivity contribution in [3.63, 3.8) is 0 Å². The highest BCUT2D eigenvalue weighted by Crippen LogP contribution is 2.35. The summed E-state index contributed by atoms with van der Waals surface area (Å²) in [5, 5.41) is 13.4. The summed E-state index contributed by atoms with van der Waals surface area (Å²) in [6.07, 6.45) is 0. The highest BCUT2D eigenvalue weighted by molar-refractivity contribution is 9.10. The predicted molar refractivity (Wildman–Crippen MR) is 127 cm³/mol. The molecule has 3 rings (SSSR count). The van der Waals surface area contributed by atoms with Crippen molar-refractivity contribution in [2.45, 2.75) is 13.2 Å². The SMILES string of the molecule is COc1cc(CNc2ccc(C(=O)O)c(Cl)c2)c(Br)cc1OCc1ccc(Cl)c(Cl)c1. The van der Waals surface area contributed by atoms with Gasteiger partial charge in [-0.15, -0.1) is 0 Å². The van der Waals surface area contributed by atoms with E-state index in [-0.39, 0.29) is 10.6 Å². The first kappa shape index (κ1) is 23.5. The number of anilines is 1. The zero-order valence-corrected chi connectivity index (χ0v) is 20.1. The number of carbonyl (C=O) groups is 1. The van der Waals surface area contributed by atoms with Crippen LogP contribution in [0.3, 0.4) is 0 Å². The van der Waals surface area contributed by atoms with E-state index in [4.69, 9.17) is 49.4 Å². The van der Waals surface area contributed by atoms with E-state index in [1.807, 2.05) is 18.2 Å². The maximum absolute atomic E-state index is 11.1. The molecule has 162 valence electrons. The van der Waals surface area contributed by atoms with Gasteiger partial charge in [0.25, 0.3) is 0 Å². The van der Waals surface area contributed by atoms with Crippen LogP contribution in [0, 0.1) is 0 Å². The number of methoxy groups -OCH3 is 1. The maximum Gasteiger partial charge on any atom is 0.337 e. The molecule has 5 nitrogen and oxygen atoms in total. The minimum Gasteiger partial charge on any atom is -0.493 e. The average Bonchev–Trinajstić information content (AvgIpc) is 2.73. The quantitative estimate of drug-likeness (QED) is 0.311. The Kier molecular flexibility index (Phi) is 7.94. The van der Waals surface area contributed by atoms with Crippen LogP contribution in [0.5, 0.6) is 11.5 Å².